The Hall–Kier alpha value is -3.37. The van der Waals surface area contributed by atoms with Crippen LogP contribution in [-0.2, 0) is 19.9 Å². The summed E-state index contributed by atoms with van der Waals surface area (Å²) in [5.74, 6) is -1.06. The first kappa shape index (κ1) is 22.3. The molecule has 1 amide bonds. The van der Waals surface area contributed by atoms with Crippen molar-refractivity contribution in [2.75, 3.05) is 11.5 Å². The lowest BCUT2D eigenvalue weighted by Gasteiger charge is -2.16. The Kier molecular flexibility index (Phi) is 5.79. The fourth-order valence-corrected chi connectivity index (χ4v) is 5.67. The van der Waals surface area contributed by atoms with E-state index in [-0.39, 0.29) is 20.2 Å². The molecule has 3 aromatic carbocycles. The van der Waals surface area contributed by atoms with Crippen molar-refractivity contribution in [3.05, 3.63) is 77.4 Å². The first-order chi connectivity index (χ1) is 14.4. The van der Waals surface area contributed by atoms with Crippen molar-refractivity contribution in [1.29, 1.82) is 0 Å². The van der Waals surface area contributed by atoms with Gasteiger partial charge in [-0.05, 0) is 79.6 Å². The van der Waals surface area contributed by atoms with Crippen LogP contribution in [0.15, 0.2) is 75.4 Å². The molecule has 10 heteroatoms. The number of nitrogens with two attached hydrogens (primary N) is 2. The van der Waals surface area contributed by atoms with Crippen molar-refractivity contribution < 1.29 is 21.6 Å². The van der Waals surface area contributed by atoms with Crippen molar-refractivity contribution in [3.63, 3.8) is 0 Å². The van der Waals surface area contributed by atoms with Crippen molar-refractivity contribution in [2.24, 2.45) is 0 Å². The molecule has 162 valence electrons. The van der Waals surface area contributed by atoms with Gasteiger partial charge in [0.05, 0.1) is 20.2 Å². The maximum atomic E-state index is 13.3. The summed E-state index contributed by atoms with van der Waals surface area (Å²) in [6.07, 6.45) is 0. The number of nitrogens with one attached hydrogen (secondary N) is 1. The lowest BCUT2D eigenvalue weighted by molar-refractivity contribution is 0.0978. The van der Waals surface area contributed by atoms with E-state index in [1.54, 1.807) is 19.9 Å². The number of sulfone groups is 1. The summed E-state index contributed by atoms with van der Waals surface area (Å²) in [6, 6.07) is 13.6. The number of aryl methyl sites for hydroxylation is 1. The molecule has 3 aromatic rings. The highest BCUT2D eigenvalue weighted by Gasteiger charge is 2.29. The van der Waals surface area contributed by atoms with E-state index in [0.29, 0.717) is 22.5 Å². The molecule has 0 heterocycles. The number of hydrogen-bond acceptors (Lipinski definition) is 7. The smallest absolute Gasteiger partial charge is 0.266 e. The minimum Gasteiger partial charge on any atom is -0.399 e. The van der Waals surface area contributed by atoms with E-state index in [2.05, 4.69) is 0 Å². The number of benzene rings is 3. The van der Waals surface area contributed by atoms with Crippen LogP contribution in [0.4, 0.5) is 11.4 Å². The second-order valence-corrected chi connectivity index (χ2v) is 10.5. The van der Waals surface area contributed by atoms with Crippen molar-refractivity contribution >= 4 is 37.1 Å². The van der Waals surface area contributed by atoms with Crippen LogP contribution in [-0.4, -0.2) is 22.7 Å². The molecule has 0 atom stereocenters. The van der Waals surface area contributed by atoms with Crippen LogP contribution in [0.2, 0.25) is 0 Å². The number of carbonyl (C=O) groups excluding carboxylic acids is 1. The van der Waals surface area contributed by atoms with Gasteiger partial charge in [-0.25, -0.2) is 21.6 Å². The predicted octanol–water partition coefficient (Wildman–Crippen LogP) is 2.42. The fraction of sp³-hybridized carbons (Fsp3) is 0.0952. The van der Waals surface area contributed by atoms with Crippen LogP contribution in [0.1, 0.15) is 21.5 Å². The zero-order chi connectivity index (χ0) is 23.0. The zero-order valence-electron chi connectivity index (χ0n) is 16.8. The summed E-state index contributed by atoms with van der Waals surface area (Å²) in [7, 11) is -8.38. The molecule has 0 spiro atoms. The lowest BCUT2D eigenvalue weighted by Crippen LogP contribution is -2.32. The van der Waals surface area contributed by atoms with Gasteiger partial charge >= 0.3 is 0 Å². The summed E-state index contributed by atoms with van der Waals surface area (Å²) in [6.45, 7) is 3.26. The van der Waals surface area contributed by atoms with Gasteiger partial charge in [0.2, 0.25) is 9.84 Å². The summed E-state index contributed by atoms with van der Waals surface area (Å²) < 4.78 is 53.8. The minimum atomic E-state index is -4.25. The summed E-state index contributed by atoms with van der Waals surface area (Å²) >= 11 is 0. The molecule has 31 heavy (non-hydrogen) atoms. The molecule has 0 aliphatic carbocycles. The molecule has 0 saturated heterocycles. The Bertz CT molecular complexity index is 1360. The van der Waals surface area contributed by atoms with Gasteiger partial charge in [0.15, 0.2) is 0 Å². The van der Waals surface area contributed by atoms with Gasteiger partial charge in [-0.3, -0.25) is 4.79 Å². The summed E-state index contributed by atoms with van der Waals surface area (Å²) in [5.41, 5.74) is 12.6. The number of rotatable bonds is 5. The van der Waals surface area contributed by atoms with Gasteiger partial charge in [-0.15, -0.1) is 0 Å². The number of anilines is 2. The van der Waals surface area contributed by atoms with Crippen LogP contribution in [0.3, 0.4) is 0 Å². The average molecular weight is 460 g/mol. The number of nitrogen functional groups attached to an aromatic ring is 2. The molecule has 3 rings (SSSR count). The Balaban J connectivity index is 2.10. The predicted molar refractivity (Wildman–Crippen MR) is 118 cm³/mol. The van der Waals surface area contributed by atoms with Crippen molar-refractivity contribution in [2.45, 2.75) is 28.5 Å². The lowest BCUT2D eigenvalue weighted by atomic mass is 10.1. The molecule has 0 saturated carbocycles. The molecule has 0 bridgehead atoms. The number of amides is 1. The van der Waals surface area contributed by atoms with Crippen molar-refractivity contribution in [3.8, 4) is 0 Å². The van der Waals surface area contributed by atoms with Gasteiger partial charge < -0.3 is 11.5 Å². The second-order valence-electron chi connectivity index (χ2n) is 6.96. The number of hydrogen-bond donors (Lipinski definition) is 3. The highest BCUT2D eigenvalue weighted by Crippen LogP contribution is 2.30. The largest absolute Gasteiger partial charge is 0.399 e. The van der Waals surface area contributed by atoms with E-state index in [4.69, 9.17) is 11.5 Å². The van der Waals surface area contributed by atoms with Gasteiger partial charge in [-0.2, -0.15) is 0 Å². The van der Waals surface area contributed by atoms with Gasteiger partial charge in [-0.1, -0.05) is 6.07 Å². The molecule has 0 fully saturated rings. The molecule has 5 N–H and O–H groups in total. The minimum absolute atomic E-state index is 0.0640. The molecular weight excluding hydrogens is 438 g/mol. The first-order valence-corrected chi connectivity index (χ1v) is 12.0. The first-order valence-electron chi connectivity index (χ1n) is 9.07. The third-order valence-corrected chi connectivity index (χ3v) is 8.10. The Morgan fingerprint density at radius 3 is 1.74 bits per heavy atom. The molecule has 0 aromatic heterocycles. The topological polar surface area (TPSA) is 149 Å². The van der Waals surface area contributed by atoms with Crippen LogP contribution in [0, 0.1) is 13.8 Å². The van der Waals surface area contributed by atoms with Gasteiger partial charge in [0.25, 0.3) is 15.9 Å². The van der Waals surface area contributed by atoms with Gasteiger partial charge in [0, 0.05) is 11.4 Å². The third-order valence-electron chi connectivity index (χ3n) is 4.80. The molecule has 0 radical (unpaired) electrons. The van der Waals surface area contributed by atoms with Crippen molar-refractivity contribution in [1.82, 2.24) is 4.72 Å². The molecule has 0 unspecified atom stereocenters. The highest BCUT2D eigenvalue weighted by atomic mass is 32.2. The molecule has 8 nitrogen and oxygen atoms in total. The fourth-order valence-electron chi connectivity index (χ4n) is 2.96. The van der Waals surface area contributed by atoms with E-state index >= 15 is 0 Å². The van der Waals surface area contributed by atoms with Crippen LogP contribution in [0.25, 0.3) is 0 Å². The van der Waals surface area contributed by atoms with E-state index < -0.39 is 25.8 Å². The Morgan fingerprint density at radius 2 is 1.23 bits per heavy atom. The monoisotopic (exact) mass is 459 g/mol. The van der Waals surface area contributed by atoms with E-state index in [0.717, 1.165) is 0 Å². The average Bonchev–Trinajstić information content (AvgIpc) is 2.70. The summed E-state index contributed by atoms with van der Waals surface area (Å²) in [5, 5.41) is 0. The highest BCUT2D eigenvalue weighted by molar-refractivity contribution is 7.91. The number of sulfonamides is 1. The Morgan fingerprint density at radius 1 is 0.742 bits per heavy atom. The van der Waals surface area contributed by atoms with Gasteiger partial charge in [0.1, 0.15) is 0 Å². The molecular formula is C21H21N3O5S2. The van der Waals surface area contributed by atoms with E-state index in [9.17, 15) is 21.6 Å². The second kappa shape index (κ2) is 8.05. The molecule has 0 aliphatic heterocycles. The third kappa shape index (κ3) is 4.39. The standard InChI is InChI=1S/C21H21N3O5S2/c1-13-3-12-19(21(25)24-31(28,29)18-10-6-16(23)7-11-18)20(14(13)2)30(26,27)17-8-4-15(22)5-9-17/h3-12H,22-23H2,1-2H3,(H,24,25). The maximum absolute atomic E-state index is 13.3. The molecule has 0 aliphatic rings. The quantitative estimate of drug-likeness (QED) is 0.496. The summed E-state index contributed by atoms with van der Waals surface area (Å²) in [4.78, 5) is 12.4. The SMILES string of the molecule is Cc1ccc(C(=O)NS(=O)(=O)c2ccc(N)cc2)c(S(=O)(=O)c2ccc(N)cc2)c1C. The number of carbonyl (C=O) groups is 1. The normalized spacial score (nSPS) is 11.8. The zero-order valence-corrected chi connectivity index (χ0v) is 18.4. The van der Waals surface area contributed by atoms with E-state index in [1.165, 1.54) is 54.6 Å². The van der Waals surface area contributed by atoms with Crippen LogP contribution >= 0.6 is 0 Å². The Labute approximate surface area is 180 Å². The van der Waals surface area contributed by atoms with Crippen LogP contribution < -0.4 is 16.2 Å². The maximum Gasteiger partial charge on any atom is 0.266 e. The van der Waals surface area contributed by atoms with Crippen LogP contribution in [0.5, 0.6) is 0 Å². The van der Waals surface area contributed by atoms with E-state index in [1.807, 2.05) is 4.72 Å².